The average Bonchev–Trinajstić information content (AvgIpc) is 3.67. The number of rotatable bonds is 5. The van der Waals surface area contributed by atoms with Gasteiger partial charge in [-0.05, 0) is 61.2 Å². The van der Waals surface area contributed by atoms with Crippen molar-refractivity contribution in [2.45, 2.75) is 44.3 Å². The van der Waals surface area contributed by atoms with Gasteiger partial charge in [-0.15, -0.1) is 0 Å². The van der Waals surface area contributed by atoms with Crippen molar-refractivity contribution in [3.05, 3.63) is 76.7 Å². The number of nitrogens with zero attached hydrogens (tertiary/aromatic N) is 3. The molecular formula is C26H26F3N3O. The minimum atomic E-state index is -4.31. The first-order chi connectivity index (χ1) is 15.9. The molecule has 5 rings (SSSR count). The third kappa shape index (κ3) is 4.88. The standard InChI is InChI=1S/C26H26F3N3O/c1-33-21-10-6-18(7-11-21)24-22-12-14-32(15-13-23(22)30-25(31-24)19-4-5-19)16-17-2-8-20(9-3-17)26(27,28)29/h2-3,6-11,19H,4-5,12-16H2,1H3. The summed E-state index contributed by atoms with van der Waals surface area (Å²) >= 11 is 0. The van der Waals surface area contributed by atoms with Crippen molar-refractivity contribution >= 4 is 0 Å². The van der Waals surface area contributed by atoms with Crippen molar-refractivity contribution in [3.63, 3.8) is 0 Å². The van der Waals surface area contributed by atoms with Crippen LogP contribution in [0.25, 0.3) is 11.3 Å². The number of aromatic nitrogens is 2. The van der Waals surface area contributed by atoms with E-state index in [-0.39, 0.29) is 0 Å². The van der Waals surface area contributed by atoms with E-state index in [1.54, 1.807) is 19.2 Å². The van der Waals surface area contributed by atoms with E-state index >= 15 is 0 Å². The van der Waals surface area contributed by atoms with Crippen LogP contribution in [-0.4, -0.2) is 35.1 Å². The molecule has 4 nitrogen and oxygen atoms in total. The molecule has 2 heterocycles. The van der Waals surface area contributed by atoms with Crippen molar-refractivity contribution in [1.29, 1.82) is 0 Å². The van der Waals surface area contributed by atoms with Crippen LogP contribution in [0.4, 0.5) is 13.2 Å². The summed E-state index contributed by atoms with van der Waals surface area (Å²) in [6.07, 6.45) is -0.413. The van der Waals surface area contributed by atoms with Crippen LogP contribution in [0.3, 0.4) is 0 Å². The topological polar surface area (TPSA) is 38.3 Å². The molecule has 0 spiro atoms. The average molecular weight is 454 g/mol. The van der Waals surface area contributed by atoms with Crippen molar-refractivity contribution in [2.75, 3.05) is 20.2 Å². The molecule has 1 saturated carbocycles. The highest BCUT2D eigenvalue weighted by Crippen LogP contribution is 2.40. The molecule has 7 heteroatoms. The third-order valence-corrected chi connectivity index (χ3v) is 6.45. The van der Waals surface area contributed by atoms with E-state index in [1.807, 2.05) is 24.3 Å². The van der Waals surface area contributed by atoms with Gasteiger partial charge in [0.05, 0.1) is 18.4 Å². The number of hydrogen-bond donors (Lipinski definition) is 0. The fourth-order valence-corrected chi connectivity index (χ4v) is 4.39. The molecule has 0 atom stereocenters. The Morgan fingerprint density at radius 3 is 2.27 bits per heavy atom. The zero-order chi connectivity index (χ0) is 23.0. The van der Waals surface area contributed by atoms with Gasteiger partial charge >= 0.3 is 6.18 Å². The van der Waals surface area contributed by atoms with Gasteiger partial charge in [-0.2, -0.15) is 13.2 Å². The van der Waals surface area contributed by atoms with Crippen molar-refractivity contribution in [3.8, 4) is 17.0 Å². The van der Waals surface area contributed by atoms with Crippen molar-refractivity contribution in [1.82, 2.24) is 14.9 Å². The maximum absolute atomic E-state index is 12.9. The molecule has 0 saturated heterocycles. The van der Waals surface area contributed by atoms with E-state index < -0.39 is 11.7 Å². The SMILES string of the molecule is COc1ccc(-c2nc(C3CC3)nc3c2CCN(Cc2ccc(C(F)(F)F)cc2)CC3)cc1. The first-order valence-corrected chi connectivity index (χ1v) is 11.3. The largest absolute Gasteiger partial charge is 0.497 e. The normalized spacial score (nSPS) is 16.8. The molecule has 1 aliphatic heterocycles. The first kappa shape index (κ1) is 21.9. The molecule has 33 heavy (non-hydrogen) atoms. The highest BCUT2D eigenvalue weighted by Gasteiger charge is 2.31. The lowest BCUT2D eigenvalue weighted by atomic mass is 10.0. The molecule has 0 radical (unpaired) electrons. The van der Waals surface area contributed by atoms with Gasteiger partial charge in [0.2, 0.25) is 0 Å². The van der Waals surface area contributed by atoms with E-state index in [4.69, 9.17) is 14.7 Å². The summed E-state index contributed by atoms with van der Waals surface area (Å²) in [7, 11) is 1.65. The second kappa shape index (κ2) is 8.78. The monoisotopic (exact) mass is 453 g/mol. The summed E-state index contributed by atoms with van der Waals surface area (Å²) in [5.74, 6) is 2.21. The van der Waals surface area contributed by atoms with Gasteiger partial charge in [0.25, 0.3) is 0 Å². The van der Waals surface area contributed by atoms with Gasteiger partial charge in [0.1, 0.15) is 11.6 Å². The van der Waals surface area contributed by atoms with Gasteiger partial charge in [0.15, 0.2) is 0 Å². The molecule has 0 unspecified atom stereocenters. The third-order valence-electron chi connectivity index (χ3n) is 6.45. The molecule has 0 N–H and O–H groups in total. The molecule has 172 valence electrons. The summed E-state index contributed by atoms with van der Waals surface area (Å²) in [5.41, 5.74) is 4.62. The summed E-state index contributed by atoms with van der Waals surface area (Å²) in [5, 5.41) is 0. The Hall–Kier alpha value is -2.93. The number of fused-ring (bicyclic) bond motifs is 1. The smallest absolute Gasteiger partial charge is 0.416 e. The number of hydrogen-bond acceptors (Lipinski definition) is 4. The van der Waals surface area contributed by atoms with Gasteiger partial charge < -0.3 is 4.74 Å². The van der Waals surface area contributed by atoms with E-state index in [2.05, 4.69) is 4.90 Å². The molecular weight excluding hydrogens is 427 g/mol. The van der Waals surface area contributed by atoms with Crippen LogP contribution in [0.2, 0.25) is 0 Å². The molecule has 1 fully saturated rings. The summed E-state index contributed by atoms with van der Waals surface area (Å²) in [6.45, 7) is 2.24. The Bertz CT molecular complexity index is 1120. The molecule has 1 aromatic heterocycles. The van der Waals surface area contributed by atoms with E-state index in [0.717, 1.165) is 85.0 Å². The van der Waals surface area contributed by atoms with Crippen LogP contribution in [0.1, 0.15) is 47.0 Å². The highest BCUT2D eigenvalue weighted by atomic mass is 19.4. The molecule has 2 aromatic carbocycles. The van der Waals surface area contributed by atoms with Crippen molar-refractivity contribution < 1.29 is 17.9 Å². The summed E-state index contributed by atoms with van der Waals surface area (Å²) in [4.78, 5) is 12.2. The van der Waals surface area contributed by atoms with Gasteiger partial charge in [-0.1, -0.05) is 12.1 Å². The molecule has 0 amide bonds. The van der Waals surface area contributed by atoms with Gasteiger partial charge in [-0.25, -0.2) is 9.97 Å². The number of ether oxygens (including phenoxy) is 1. The highest BCUT2D eigenvalue weighted by molar-refractivity contribution is 5.65. The fourth-order valence-electron chi connectivity index (χ4n) is 4.39. The summed E-state index contributed by atoms with van der Waals surface area (Å²) in [6, 6.07) is 13.5. The number of halogens is 3. The van der Waals surface area contributed by atoms with Crippen LogP contribution < -0.4 is 4.74 Å². The minimum Gasteiger partial charge on any atom is -0.497 e. The number of benzene rings is 2. The van der Waals surface area contributed by atoms with E-state index in [9.17, 15) is 13.2 Å². The Kier molecular flexibility index (Phi) is 5.83. The quantitative estimate of drug-likeness (QED) is 0.501. The lowest BCUT2D eigenvalue weighted by molar-refractivity contribution is -0.137. The van der Waals surface area contributed by atoms with Crippen LogP contribution in [0, 0.1) is 0 Å². The van der Waals surface area contributed by atoms with Gasteiger partial charge in [0, 0.05) is 48.8 Å². The Morgan fingerprint density at radius 1 is 0.939 bits per heavy atom. The molecule has 0 bridgehead atoms. The predicted octanol–water partition coefficient (Wildman–Crippen LogP) is 5.65. The van der Waals surface area contributed by atoms with E-state index in [0.29, 0.717) is 12.5 Å². The lowest BCUT2D eigenvalue weighted by Gasteiger charge is -2.20. The summed E-state index contributed by atoms with van der Waals surface area (Å²) < 4.78 is 43.9. The molecule has 1 aliphatic carbocycles. The maximum Gasteiger partial charge on any atom is 0.416 e. The zero-order valence-electron chi connectivity index (χ0n) is 18.5. The lowest BCUT2D eigenvalue weighted by Crippen LogP contribution is -2.26. The molecule has 2 aliphatic rings. The van der Waals surface area contributed by atoms with Crippen molar-refractivity contribution in [2.24, 2.45) is 0 Å². The van der Waals surface area contributed by atoms with Crippen LogP contribution in [-0.2, 0) is 25.6 Å². The van der Waals surface area contributed by atoms with Crippen LogP contribution >= 0.6 is 0 Å². The number of alkyl halides is 3. The van der Waals surface area contributed by atoms with Crippen LogP contribution in [0.15, 0.2) is 48.5 Å². The van der Waals surface area contributed by atoms with Crippen LogP contribution in [0.5, 0.6) is 5.75 Å². The number of methoxy groups -OCH3 is 1. The Balaban J connectivity index is 1.38. The molecule has 3 aromatic rings. The zero-order valence-corrected chi connectivity index (χ0v) is 18.5. The first-order valence-electron chi connectivity index (χ1n) is 11.3. The fraction of sp³-hybridized carbons (Fsp3) is 0.385. The van der Waals surface area contributed by atoms with E-state index in [1.165, 1.54) is 5.56 Å². The maximum atomic E-state index is 12.9. The minimum absolute atomic E-state index is 0.457. The Labute approximate surface area is 191 Å². The second-order valence-corrected chi connectivity index (χ2v) is 8.83. The second-order valence-electron chi connectivity index (χ2n) is 8.83. The van der Waals surface area contributed by atoms with Gasteiger partial charge in [-0.3, -0.25) is 4.90 Å². The predicted molar refractivity (Wildman–Crippen MR) is 120 cm³/mol. The Morgan fingerprint density at radius 2 is 1.64 bits per heavy atom.